The summed E-state index contributed by atoms with van der Waals surface area (Å²) in [5.74, 6) is -0.287. The van der Waals surface area contributed by atoms with E-state index in [9.17, 15) is 9.18 Å². The number of nitrogens with one attached hydrogen (secondary N) is 1. The number of nitrogens with zero attached hydrogens (tertiary/aromatic N) is 1. The highest BCUT2D eigenvalue weighted by atomic mass is 79.9. The van der Waals surface area contributed by atoms with Crippen molar-refractivity contribution in [3.05, 3.63) is 69.9 Å². The van der Waals surface area contributed by atoms with Crippen LogP contribution < -0.4 is 5.32 Å². The minimum Gasteiger partial charge on any atom is -0.337 e. The predicted molar refractivity (Wildman–Crippen MR) is 96.3 cm³/mol. The third-order valence-corrected chi connectivity index (χ3v) is 5.07. The molecule has 5 heteroatoms. The predicted octanol–water partition coefficient (Wildman–Crippen LogP) is 4.46. The van der Waals surface area contributed by atoms with Crippen LogP contribution in [0.25, 0.3) is 0 Å². The molecule has 1 fully saturated rings. The zero-order chi connectivity index (χ0) is 17.2. The van der Waals surface area contributed by atoms with Gasteiger partial charge < -0.3 is 10.2 Å². The minimum atomic E-state index is -0.287. The molecule has 0 unspecified atom stereocenters. The van der Waals surface area contributed by atoms with Crippen LogP contribution in [-0.2, 0) is 12.0 Å². The maximum atomic E-state index is 13.7. The summed E-state index contributed by atoms with van der Waals surface area (Å²) in [7, 11) is 1.68. The summed E-state index contributed by atoms with van der Waals surface area (Å²) in [4.78, 5) is 13.8. The van der Waals surface area contributed by atoms with Crippen molar-refractivity contribution in [2.75, 3.05) is 13.6 Å². The average Bonchev–Trinajstić information content (AvgIpc) is 3.36. The molecule has 2 amide bonds. The summed E-state index contributed by atoms with van der Waals surface area (Å²) in [5, 5.41) is 2.99. The van der Waals surface area contributed by atoms with Crippen molar-refractivity contribution in [3.63, 3.8) is 0 Å². The van der Waals surface area contributed by atoms with E-state index in [1.165, 1.54) is 16.5 Å². The highest BCUT2D eigenvalue weighted by Crippen LogP contribution is 2.48. The molecule has 3 nitrogen and oxygen atoms in total. The van der Waals surface area contributed by atoms with Crippen LogP contribution in [0.5, 0.6) is 0 Å². The Kier molecular flexibility index (Phi) is 4.90. The number of carbonyl (C=O) groups excluding carboxylic acids is 1. The monoisotopic (exact) mass is 390 g/mol. The van der Waals surface area contributed by atoms with Gasteiger partial charge in [-0.15, -0.1) is 0 Å². The van der Waals surface area contributed by atoms with Crippen LogP contribution in [-0.4, -0.2) is 24.5 Å². The first-order valence-electron chi connectivity index (χ1n) is 7.99. The van der Waals surface area contributed by atoms with Gasteiger partial charge in [-0.2, -0.15) is 0 Å². The molecule has 1 aliphatic rings. The van der Waals surface area contributed by atoms with Gasteiger partial charge in [0.15, 0.2) is 0 Å². The largest absolute Gasteiger partial charge is 0.337 e. The second kappa shape index (κ2) is 6.93. The normalized spacial score (nSPS) is 15.0. The van der Waals surface area contributed by atoms with Crippen molar-refractivity contribution in [2.24, 2.45) is 0 Å². The van der Waals surface area contributed by atoms with E-state index in [1.807, 2.05) is 12.1 Å². The van der Waals surface area contributed by atoms with Gasteiger partial charge in [0, 0.05) is 35.6 Å². The first-order valence-corrected chi connectivity index (χ1v) is 8.78. The van der Waals surface area contributed by atoms with Gasteiger partial charge in [-0.05, 0) is 36.6 Å². The number of benzene rings is 2. The Morgan fingerprint density at radius 1 is 1.25 bits per heavy atom. The van der Waals surface area contributed by atoms with Gasteiger partial charge in [0.05, 0.1) is 0 Å². The average molecular weight is 391 g/mol. The topological polar surface area (TPSA) is 32.3 Å². The van der Waals surface area contributed by atoms with Crippen LogP contribution in [0.2, 0.25) is 0 Å². The molecule has 2 aromatic carbocycles. The molecule has 0 aromatic heterocycles. The fraction of sp³-hybridized carbons (Fsp3) is 0.316. The van der Waals surface area contributed by atoms with Gasteiger partial charge in [0.1, 0.15) is 5.82 Å². The highest BCUT2D eigenvalue weighted by Gasteiger charge is 2.44. The van der Waals surface area contributed by atoms with Crippen molar-refractivity contribution < 1.29 is 9.18 Å². The lowest BCUT2D eigenvalue weighted by Crippen LogP contribution is -2.40. The SMILES string of the molecule is CN(Cc1ccccc1F)C(=O)NCC1(c2cccc(Br)c2)CC1. The molecule has 24 heavy (non-hydrogen) atoms. The second-order valence-corrected chi connectivity index (χ2v) is 7.31. The molecule has 0 saturated heterocycles. The summed E-state index contributed by atoms with van der Waals surface area (Å²) in [6, 6.07) is 14.6. The number of halogens is 2. The lowest BCUT2D eigenvalue weighted by molar-refractivity contribution is 0.205. The third kappa shape index (κ3) is 3.78. The van der Waals surface area contributed by atoms with Crippen LogP contribution in [0, 0.1) is 5.82 Å². The van der Waals surface area contributed by atoms with E-state index in [1.54, 1.807) is 25.2 Å². The molecular weight excluding hydrogens is 371 g/mol. The van der Waals surface area contributed by atoms with Gasteiger partial charge in [-0.1, -0.05) is 46.3 Å². The quantitative estimate of drug-likeness (QED) is 0.802. The third-order valence-electron chi connectivity index (χ3n) is 4.58. The highest BCUT2D eigenvalue weighted by molar-refractivity contribution is 9.10. The van der Waals surface area contributed by atoms with Gasteiger partial charge in [-0.25, -0.2) is 9.18 Å². The molecule has 2 aromatic rings. The molecular formula is C19H20BrFN2O. The van der Waals surface area contributed by atoms with Gasteiger partial charge in [0.25, 0.3) is 0 Å². The van der Waals surface area contributed by atoms with Crippen LogP contribution in [0.4, 0.5) is 9.18 Å². The molecule has 0 spiro atoms. The molecule has 3 rings (SSSR count). The van der Waals surface area contributed by atoms with E-state index in [0.29, 0.717) is 12.1 Å². The molecule has 1 N–H and O–H groups in total. The zero-order valence-corrected chi connectivity index (χ0v) is 15.1. The van der Waals surface area contributed by atoms with Crippen LogP contribution in [0.3, 0.4) is 0 Å². The molecule has 0 radical (unpaired) electrons. The molecule has 1 aliphatic carbocycles. The Labute approximate surface area is 150 Å². The molecule has 0 heterocycles. The summed E-state index contributed by atoms with van der Waals surface area (Å²) in [6.45, 7) is 0.853. The van der Waals surface area contributed by atoms with E-state index in [0.717, 1.165) is 17.3 Å². The van der Waals surface area contributed by atoms with E-state index in [2.05, 4.69) is 33.4 Å². The zero-order valence-electron chi connectivity index (χ0n) is 13.6. The maximum Gasteiger partial charge on any atom is 0.317 e. The van der Waals surface area contributed by atoms with Crippen molar-refractivity contribution in [1.29, 1.82) is 0 Å². The molecule has 1 saturated carbocycles. The number of amides is 2. The second-order valence-electron chi connectivity index (χ2n) is 6.40. The number of carbonyl (C=O) groups is 1. The van der Waals surface area contributed by atoms with Crippen molar-refractivity contribution >= 4 is 22.0 Å². The smallest absolute Gasteiger partial charge is 0.317 e. The molecule has 126 valence electrons. The molecule has 0 atom stereocenters. The first kappa shape index (κ1) is 17.0. The Hall–Kier alpha value is -1.88. The number of hydrogen-bond acceptors (Lipinski definition) is 1. The van der Waals surface area contributed by atoms with Crippen molar-refractivity contribution in [1.82, 2.24) is 10.2 Å². The molecule has 0 aliphatic heterocycles. The summed E-state index contributed by atoms with van der Waals surface area (Å²) >= 11 is 3.50. The van der Waals surface area contributed by atoms with E-state index in [-0.39, 0.29) is 23.8 Å². The lowest BCUT2D eigenvalue weighted by atomic mass is 9.96. The van der Waals surface area contributed by atoms with Gasteiger partial charge in [-0.3, -0.25) is 0 Å². The van der Waals surface area contributed by atoms with E-state index < -0.39 is 0 Å². The first-order chi connectivity index (χ1) is 11.5. The minimum absolute atomic E-state index is 0.0400. The lowest BCUT2D eigenvalue weighted by Gasteiger charge is -2.22. The number of hydrogen-bond donors (Lipinski definition) is 1. The van der Waals surface area contributed by atoms with E-state index >= 15 is 0 Å². The van der Waals surface area contributed by atoms with Gasteiger partial charge >= 0.3 is 6.03 Å². The number of urea groups is 1. The number of rotatable bonds is 5. The molecule has 0 bridgehead atoms. The van der Waals surface area contributed by atoms with Crippen molar-refractivity contribution in [2.45, 2.75) is 24.8 Å². The van der Waals surface area contributed by atoms with Gasteiger partial charge in [0.2, 0.25) is 0 Å². The van der Waals surface area contributed by atoms with Crippen LogP contribution in [0.15, 0.2) is 53.0 Å². The fourth-order valence-corrected chi connectivity index (χ4v) is 3.27. The Balaban J connectivity index is 1.58. The van der Waals surface area contributed by atoms with Crippen molar-refractivity contribution in [3.8, 4) is 0 Å². The maximum absolute atomic E-state index is 13.7. The fourth-order valence-electron chi connectivity index (χ4n) is 2.87. The van der Waals surface area contributed by atoms with E-state index in [4.69, 9.17) is 0 Å². The standard InChI is InChI=1S/C19H20BrFN2O/c1-23(12-14-5-2-3-8-17(14)21)18(24)22-13-19(9-10-19)15-6-4-7-16(20)11-15/h2-8,11H,9-10,12-13H2,1H3,(H,22,24). The Morgan fingerprint density at radius 3 is 2.67 bits per heavy atom. The van der Waals surface area contributed by atoms with Crippen LogP contribution >= 0.6 is 15.9 Å². The summed E-state index contributed by atoms with van der Waals surface area (Å²) in [5.41, 5.74) is 1.80. The summed E-state index contributed by atoms with van der Waals surface area (Å²) < 4.78 is 14.7. The Bertz CT molecular complexity index is 746. The summed E-state index contributed by atoms with van der Waals surface area (Å²) in [6.07, 6.45) is 2.14. The van der Waals surface area contributed by atoms with Crippen LogP contribution in [0.1, 0.15) is 24.0 Å². The Morgan fingerprint density at radius 2 is 2.00 bits per heavy atom.